The molecule has 2 atom stereocenters. The van der Waals surface area contributed by atoms with E-state index < -0.39 is 5.97 Å². The van der Waals surface area contributed by atoms with Gasteiger partial charge < -0.3 is 10.8 Å². The monoisotopic (exact) mass is 234 g/mol. The summed E-state index contributed by atoms with van der Waals surface area (Å²) in [6.07, 6.45) is 0.721. The minimum absolute atomic E-state index is 0.139. The van der Waals surface area contributed by atoms with Gasteiger partial charge in [-0.3, -0.25) is 9.69 Å². The van der Waals surface area contributed by atoms with Crippen LogP contribution in [0.4, 0.5) is 0 Å². The van der Waals surface area contributed by atoms with Crippen molar-refractivity contribution < 1.29 is 9.90 Å². The zero-order valence-electron chi connectivity index (χ0n) is 9.75. The molecule has 2 rings (SSSR count). The van der Waals surface area contributed by atoms with Gasteiger partial charge in [-0.25, -0.2) is 0 Å². The molecule has 1 aromatic carbocycles. The van der Waals surface area contributed by atoms with Crippen LogP contribution < -0.4 is 5.73 Å². The molecule has 1 aliphatic heterocycles. The highest BCUT2D eigenvalue weighted by Gasteiger charge is 2.32. The summed E-state index contributed by atoms with van der Waals surface area (Å²) in [6, 6.07) is 10.2. The lowest BCUT2D eigenvalue weighted by atomic mass is 10.1. The van der Waals surface area contributed by atoms with Crippen molar-refractivity contribution in [1.29, 1.82) is 0 Å². The first-order valence-electron chi connectivity index (χ1n) is 5.94. The van der Waals surface area contributed by atoms with E-state index in [1.54, 1.807) is 0 Å². The molecule has 92 valence electrons. The third-order valence-corrected chi connectivity index (χ3v) is 3.42. The Hall–Kier alpha value is -1.39. The molecule has 0 spiro atoms. The maximum Gasteiger partial charge on any atom is 0.307 e. The van der Waals surface area contributed by atoms with E-state index in [0.29, 0.717) is 13.1 Å². The van der Waals surface area contributed by atoms with Crippen molar-refractivity contribution in [2.45, 2.75) is 12.5 Å². The first-order valence-corrected chi connectivity index (χ1v) is 5.94. The molecule has 3 N–H and O–H groups in total. The molecule has 4 nitrogen and oxygen atoms in total. The molecule has 1 fully saturated rings. The lowest BCUT2D eigenvalue weighted by Crippen LogP contribution is -2.32. The van der Waals surface area contributed by atoms with E-state index >= 15 is 0 Å². The van der Waals surface area contributed by atoms with Crippen LogP contribution in [0.5, 0.6) is 0 Å². The summed E-state index contributed by atoms with van der Waals surface area (Å²) in [6.45, 7) is 1.94. The van der Waals surface area contributed by atoms with Gasteiger partial charge in [-0.15, -0.1) is 0 Å². The van der Waals surface area contributed by atoms with Crippen LogP contribution in [0.3, 0.4) is 0 Å². The summed E-state index contributed by atoms with van der Waals surface area (Å²) in [5, 5.41) is 9.00. The second-order valence-electron chi connectivity index (χ2n) is 4.48. The molecule has 0 saturated carbocycles. The normalized spacial score (nSPS) is 22.5. The van der Waals surface area contributed by atoms with Gasteiger partial charge in [-0.2, -0.15) is 0 Å². The fourth-order valence-electron chi connectivity index (χ4n) is 2.44. The molecule has 0 unspecified atom stereocenters. The van der Waals surface area contributed by atoms with Gasteiger partial charge in [-0.1, -0.05) is 30.3 Å². The van der Waals surface area contributed by atoms with Gasteiger partial charge in [-0.05, 0) is 18.5 Å². The molecule has 17 heavy (non-hydrogen) atoms. The molecule has 0 aliphatic carbocycles. The summed E-state index contributed by atoms with van der Waals surface area (Å²) in [4.78, 5) is 13.1. The Morgan fingerprint density at radius 3 is 2.71 bits per heavy atom. The second kappa shape index (κ2) is 5.29. The topological polar surface area (TPSA) is 66.6 Å². The molecule has 0 amide bonds. The molecular weight excluding hydrogens is 216 g/mol. The smallest absolute Gasteiger partial charge is 0.307 e. The fourth-order valence-corrected chi connectivity index (χ4v) is 2.44. The van der Waals surface area contributed by atoms with Crippen LogP contribution in [0.1, 0.15) is 18.0 Å². The minimum Gasteiger partial charge on any atom is -0.481 e. The Labute approximate surface area is 101 Å². The van der Waals surface area contributed by atoms with Crippen LogP contribution in [-0.4, -0.2) is 35.6 Å². The Bertz CT molecular complexity index is 380. The van der Waals surface area contributed by atoms with Gasteiger partial charge in [0, 0.05) is 19.1 Å². The Morgan fingerprint density at radius 2 is 2.18 bits per heavy atom. The number of nitrogens with zero attached hydrogens (tertiary/aromatic N) is 1. The summed E-state index contributed by atoms with van der Waals surface area (Å²) >= 11 is 0. The van der Waals surface area contributed by atoms with Crippen LogP contribution in [0.25, 0.3) is 0 Å². The lowest BCUT2D eigenvalue weighted by molar-refractivity contribution is -0.141. The molecule has 0 radical (unpaired) electrons. The summed E-state index contributed by atoms with van der Waals surface area (Å²) < 4.78 is 0. The number of carbonyl (C=O) groups is 1. The second-order valence-corrected chi connectivity index (χ2v) is 4.48. The highest BCUT2D eigenvalue weighted by Crippen LogP contribution is 2.26. The van der Waals surface area contributed by atoms with E-state index in [9.17, 15) is 4.79 Å². The molecule has 0 bridgehead atoms. The standard InChI is InChI=1S/C13H18N2O2/c14-8-12(10-4-2-1-3-5-10)15-7-6-11(9-15)13(16)17/h1-5,11-12H,6-9,14H2,(H,16,17)/t11-,12+/m1/s1. The van der Waals surface area contributed by atoms with Gasteiger partial charge in [0.1, 0.15) is 0 Å². The number of nitrogens with two attached hydrogens (primary N) is 1. The van der Waals surface area contributed by atoms with Crippen molar-refractivity contribution in [3.63, 3.8) is 0 Å². The van der Waals surface area contributed by atoms with Crippen LogP contribution in [0.2, 0.25) is 0 Å². The Morgan fingerprint density at radius 1 is 1.47 bits per heavy atom. The zero-order valence-corrected chi connectivity index (χ0v) is 9.75. The summed E-state index contributed by atoms with van der Waals surface area (Å²) in [5.41, 5.74) is 6.98. The zero-order chi connectivity index (χ0) is 12.3. The van der Waals surface area contributed by atoms with Crippen LogP contribution >= 0.6 is 0 Å². The third-order valence-electron chi connectivity index (χ3n) is 3.42. The highest BCUT2D eigenvalue weighted by atomic mass is 16.4. The van der Waals surface area contributed by atoms with Crippen molar-refractivity contribution in [3.05, 3.63) is 35.9 Å². The molecule has 1 saturated heterocycles. The number of rotatable bonds is 4. The van der Waals surface area contributed by atoms with Crippen molar-refractivity contribution in [2.24, 2.45) is 11.7 Å². The summed E-state index contributed by atoms with van der Waals surface area (Å²) in [7, 11) is 0. The van der Waals surface area contributed by atoms with E-state index in [1.807, 2.05) is 30.3 Å². The van der Waals surface area contributed by atoms with Crippen molar-refractivity contribution in [2.75, 3.05) is 19.6 Å². The maximum absolute atomic E-state index is 10.9. The van der Waals surface area contributed by atoms with E-state index in [-0.39, 0.29) is 12.0 Å². The first kappa shape index (κ1) is 12.1. The van der Waals surface area contributed by atoms with Crippen LogP contribution in [-0.2, 0) is 4.79 Å². The van der Waals surface area contributed by atoms with Crippen LogP contribution in [0.15, 0.2) is 30.3 Å². The number of benzene rings is 1. The van der Waals surface area contributed by atoms with E-state index in [2.05, 4.69) is 4.90 Å². The van der Waals surface area contributed by atoms with Crippen molar-refractivity contribution >= 4 is 5.97 Å². The number of hydrogen-bond donors (Lipinski definition) is 2. The van der Waals surface area contributed by atoms with E-state index in [0.717, 1.165) is 13.0 Å². The molecule has 1 heterocycles. The summed E-state index contributed by atoms with van der Waals surface area (Å²) in [5.74, 6) is -0.941. The predicted octanol–water partition coefficient (Wildman–Crippen LogP) is 1.09. The molecule has 1 aliphatic rings. The number of carboxylic acid groups (broad SMARTS) is 1. The molecule has 4 heteroatoms. The Kier molecular flexibility index (Phi) is 3.76. The molecule has 1 aromatic rings. The van der Waals surface area contributed by atoms with Gasteiger partial charge >= 0.3 is 5.97 Å². The predicted molar refractivity (Wildman–Crippen MR) is 65.6 cm³/mol. The van der Waals surface area contributed by atoms with Crippen LogP contribution in [0, 0.1) is 5.92 Å². The van der Waals surface area contributed by atoms with Gasteiger partial charge in [0.05, 0.1) is 5.92 Å². The quantitative estimate of drug-likeness (QED) is 0.818. The number of aliphatic carboxylic acids is 1. The average Bonchev–Trinajstić information content (AvgIpc) is 2.81. The van der Waals surface area contributed by atoms with Crippen molar-refractivity contribution in [3.8, 4) is 0 Å². The fraction of sp³-hybridized carbons (Fsp3) is 0.462. The minimum atomic E-state index is -0.698. The molecular formula is C13H18N2O2. The lowest BCUT2D eigenvalue weighted by Gasteiger charge is -2.26. The number of likely N-dealkylation sites (tertiary alicyclic amines) is 1. The van der Waals surface area contributed by atoms with Crippen molar-refractivity contribution in [1.82, 2.24) is 4.90 Å². The highest BCUT2D eigenvalue weighted by molar-refractivity contribution is 5.70. The van der Waals surface area contributed by atoms with E-state index in [4.69, 9.17) is 10.8 Å². The first-order chi connectivity index (χ1) is 8.22. The number of hydrogen-bond acceptors (Lipinski definition) is 3. The molecule has 0 aromatic heterocycles. The average molecular weight is 234 g/mol. The maximum atomic E-state index is 10.9. The van der Waals surface area contributed by atoms with Gasteiger partial charge in [0.25, 0.3) is 0 Å². The third kappa shape index (κ3) is 2.65. The largest absolute Gasteiger partial charge is 0.481 e. The number of carboxylic acids is 1. The van der Waals surface area contributed by atoms with Gasteiger partial charge in [0.15, 0.2) is 0 Å². The van der Waals surface area contributed by atoms with E-state index in [1.165, 1.54) is 5.56 Å². The Balaban J connectivity index is 2.08. The van der Waals surface area contributed by atoms with Gasteiger partial charge in [0.2, 0.25) is 0 Å². The SMILES string of the molecule is NC[C@@H](c1ccccc1)N1CC[C@@H](C(=O)O)C1.